The summed E-state index contributed by atoms with van der Waals surface area (Å²) >= 11 is 30.2. The summed E-state index contributed by atoms with van der Waals surface area (Å²) < 4.78 is 8.72. The lowest BCUT2D eigenvalue weighted by Crippen LogP contribution is -2.27. The number of terminal acetylenes is 1. The van der Waals surface area contributed by atoms with E-state index < -0.39 is 12.2 Å². The number of rotatable bonds is 10. The van der Waals surface area contributed by atoms with Crippen LogP contribution in [-0.4, -0.2) is 43.5 Å². The predicted molar refractivity (Wildman–Crippen MR) is 229 cm³/mol. The van der Waals surface area contributed by atoms with Crippen LogP contribution in [0, 0.1) is 23.2 Å². The SMILES string of the molecule is C#CCn1c(=N)n(CC(O)c2ccc(Cl)c(Cl)c2)c2ccccc21.N=c1n(Cc2cn(-c3cccc(Cl)c3)nn2)c2ccccc2n1CC(O)c1ccc(Cl)c(Cl)c1. The first-order chi connectivity index (χ1) is 27.9. The highest BCUT2D eigenvalue weighted by molar-refractivity contribution is 6.42. The zero-order chi connectivity index (χ0) is 41.1. The summed E-state index contributed by atoms with van der Waals surface area (Å²) in [5, 5.41) is 49.4. The molecular formula is C42H34Cl5N9O2. The van der Waals surface area contributed by atoms with E-state index in [1.807, 2.05) is 71.4 Å². The number of imidazole rings is 2. The average molecular weight is 874 g/mol. The fourth-order valence-corrected chi connectivity index (χ4v) is 7.44. The van der Waals surface area contributed by atoms with Crippen LogP contribution in [0.2, 0.25) is 25.1 Å². The van der Waals surface area contributed by atoms with Gasteiger partial charge in [-0.25, -0.2) is 4.68 Å². The number of para-hydroxylation sites is 4. The number of hydrogen-bond donors (Lipinski definition) is 4. The summed E-state index contributed by atoms with van der Waals surface area (Å²) in [4.78, 5) is 0. The Morgan fingerprint density at radius 3 is 1.60 bits per heavy atom. The highest BCUT2D eigenvalue weighted by atomic mass is 35.5. The average Bonchev–Trinajstić information content (AvgIpc) is 3.87. The second-order valence-electron chi connectivity index (χ2n) is 13.2. The number of nitrogens with one attached hydrogen (secondary N) is 2. The predicted octanol–water partition coefficient (Wildman–Crippen LogP) is 8.84. The normalized spacial score (nSPS) is 12.3. The summed E-state index contributed by atoms with van der Waals surface area (Å²) in [5.74, 6) is 2.56. The molecule has 0 amide bonds. The van der Waals surface area contributed by atoms with E-state index in [1.165, 1.54) is 0 Å². The monoisotopic (exact) mass is 871 g/mol. The molecule has 58 heavy (non-hydrogen) atoms. The number of aliphatic hydroxyl groups is 2. The first-order valence-corrected chi connectivity index (χ1v) is 19.6. The van der Waals surface area contributed by atoms with Crippen LogP contribution in [0.15, 0.2) is 115 Å². The Morgan fingerprint density at radius 1 is 0.603 bits per heavy atom. The molecule has 3 aromatic heterocycles. The fourth-order valence-electron chi connectivity index (χ4n) is 6.64. The number of aliphatic hydroxyl groups excluding tert-OH is 2. The minimum atomic E-state index is -0.869. The lowest BCUT2D eigenvalue weighted by molar-refractivity contribution is 0.155. The van der Waals surface area contributed by atoms with E-state index in [2.05, 4.69) is 16.2 Å². The molecular weight excluding hydrogens is 840 g/mol. The minimum absolute atomic E-state index is 0.180. The summed E-state index contributed by atoms with van der Waals surface area (Å²) in [6.07, 6.45) is 5.54. The zero-order valence-electron chi connectivity index (χ0n) is 30.4. The Kier molecular flexibility index (Phi) is 12.5. The maximum atomic E-state index is 10.9. The Labute approximate surface area is 357 Å². The van der Waals surface area contributed by atoms with Crippen LogP contribution < -0.4 is 11.2 Å². The van der Waals surface area contributed by atoms with Crippen molar-refractivity contribution >= 4 is 80.1 Å². The van der Waals surface area contributed by atoms with E-state index in [0.29, 0.717) is 55.0 Å². The molecule has 0 spiro atoms. The molecule has 0 aliphatic rings. The van der Waals surface area contributed by atoms with Gasteiger partial charge in [-0.1, -0.05) is 112 Å². The van der Waals surface area contributed by atoms with E-state index in [4.69, 9.17) is 75.2 Å². The summed E-state index contributed by atoms with van der Waals surface area (Å²) in [6.45, 7) is 1.04. The minimum Gasteiger partial charge on any atom is -0.387 e. The Balaban J connectivity index is 0.000000188. The van der Waals surface area contributed by atoms with Crippen LogP contribution >= 0.6 is 58.0 Å². The van der Waals surface area contributed by atoms with Gasteiger partial charge in [-0.3, -0.25) is 15.4 Å². The van der Waals surface area contributed by atoms with Crippen molar-refractivity contribution in [1.82, 2.24) is 33.3 Å². The Hall–Kier alpha value is -5.29. The molecule has 11 nitrogen and oxygen atoms in total. The van der Waals surface area contributed by atoms with Crippen LogP contribution in [0.5, 0.6) is 0 Å². The zero-order valence-corrected chi connectivity index (χ0v) is 34.2. The van der Waals surface area contributed by atoms with Gasteiger partial charge in [-0.05, 0) is 77.9 Å². The summed E-state index contributed by atoms with van der Waals surface area (Å²) in [7, 11) is 0. The lowest BCUT2D eigenvalue weighted by atomic mass is 10.1. The third kappa shape index (κ3) is 8.60. The van der Waals surface area contributed by atoms with Crippen molar-refractivity contribution in [3.63, 3.8) is 0 Å². The van der Waals surface area contributed by atoms with E-state index in [1.54, 1.807) is 66.9 Å². The maximum Gasteiger partial charge on any atom is 0.203 e. The quantitative estimate of drug-likeness (QED) is 0.102. The lowest BCUT2D eigenvalue weighted by Gasteiger charge is -2.13. The van der Waals surface area contributed by atoms with Gasteiger partial charge in [-0.2, -0.15) is 0 Å². The number of nitrogens with zero attached hydrogens (tertiary/aromatic N) is 7. The van der Waals surface area contributed by atoms with Gasteiger partial charge >= 0.3 is 0 Å². The third-order valence-corrected chi connectivity index (χ3v) is 11.2. The summed E-state index contributed by atoms with van der Waals surface area (Å²) in [5.41, 5.74) is 6.62. The molecule has 294 valence electrons. The molecule has 4 N–H and O–H groups in total. The molecule has 8 aromatic rings. The molecule has 3 heterocycles. The van der Waals surface area contributed by atoms with Crippen molar-refractivity contribution in [2.45, 2.75) is 38.4 Å². The molecule has 0 aliphatic carbocycles. The van der Waals surface area contributed by atoms with Crippen LogP contribution in [0.1, 0.15) is 29.0 Å². The Bertz CT molecular complexity index is 2940. The smallest absolute Gasteiger partial charge is 0.203 e. The van der Waals surface area contributed by atoms with Gasteiger partial charge in [0.25, 0.3) is 0 Å². The topological polar surface area (TPSA) is 139 Å². The number of fused-ring (bicyclic) bond motifs is 2. The highest BCUT2D eigenvalue weighted by Crippen LogP contribution is 2.28. The first kappa shape index (κ1) is 40.9. The second-order valence-corrected chi connectivity index (χ2v) is 15.3. The van der Waals surface area contributed by atoms with E-state index in [0.717, 1.165) is 27.8 Å². The van der Waals surface area contributed by atoms with E-state index in [9.17, 15) is 10.2 Å². The third-order valence-electron chi connectivity index (χ3n) is 9.50. The van der Waals surface area contributed by atoms with Crippen molar-refractivity contribution in [2.24, 2.45) is 0 Å². The van der Waals surface area contributed by atoms with E-state index in [-0.39, 0.29) is 24.3 Å². The van der Waals surface area contributed by atoms with Gasteiger partial charge in [0.2, 0.25) is 11.2 Å². The van der Waals surface area contributed by atoms with Crippen molar-refractivity contribution in [1.29, 1.82) is 10.8 Å². The largest absolute Gasteiger partial charge is 0.387 e. The van der Waals surface area contributed by atoms with Gasteiger partial charge < -0.3 is 23.9 Å². The van der Waals surface area contributed by atoms with Crippen molar-refractivity contribution in [2.75, 3.05) is 0 Å². The van der Waals surface area contributed by atoms with Gasteiger partial charge in [0, 0.05) is 5.02 Å². The highest BCUT2D eigenvalue weighted by Gasteiger charge is 2.18. The van der Waals surface area contributed by atoms with Crippen LogP contribution in [0.25, 0.3) is 27.8 Å². The second kappa shape index (κ2) is 17.7. The Morgan fingerprint density at radius 2 is 1.10 bits per heavy atom. The standard InChI is InChI=1S/C24H19Cl3N6O.C18H15Cl2N3O/c25-16-4-3-5-18(11-16)33-13-17(29-30-33)12-31-21-6-1-2-7-22(21)32(24(31)28)14-23(34)15-8-9-19(26)20(27)10-15;1-2-9-22-15-5-3-4-6-16(15)23(18(22)21)11-17(24)12-7-8-13(19)14(20)10-12/h1-11,13,23,28,34H,12,14H2;1,3-8,10,17,21,24H,9,11H2. The first-order valence-electron chi connectivity index (χ1n) is 17.8. The molecule has 0 radical (unpaired) electrons. The molecule has 0 saturated heterocycles. The molecule has 0 bridgehead atoms. The molecule has 2 unspecified atom stereocenters. The van der Waals surface area contributed by atoms with E-state index >= 15 is 0 Å². The molecule has 8 rings (SSSR count). The van der Waals surface area contributed by atoms with Gasteiger partial charge in [0.1, 0.15) is 5.69 Å². The van der Waals surface area contributed by atoms with Gasteiger partial charge in [0.05, 0.1) is 92.4 Å². The molecule has 0 saturated carbocycles. The van der Waals surface area contributed by atoms with Crippen LogP contribution in [0.4, 0.5) is 0 Å². The molecule has 0 aliphatic heterocycles. The molecule has 16 heteroatoms. The molecule has 2 atom stereocenters. The van der Waals surface area contributed by atoms with Gasteiger partial charge in [0.15, 0.2) is 0 Å². The van der Waals surface area contributed by atoms with Crippen LogP contribution in [-0.2, 0) is 26.2 Å². The molecule has 0 fully saturated rings. The number of halogens is 5. The number of aromatic nitrogens is 7. The molecule has 5 aromatic carbocycles. The van der Waals surface area contributed by atoms with Crippen molar-refractivity contribution in [3.05, 3.63) is 169 Å². The van der Waals surface area contributed by atoms with Crippen LogP contribution in [0.3, 0.4) is 0 Å². The van der Waals surface area contributed by atoms with Crippen molar-refractivity contribution in [3.8, 4) is 18.0 Å². The van der Waals surface area contributed by atoms with Gasteiger partial charge in [-0.15, -0.1) is 11.5 Å². The fraction of sp³-hybridized carbons (Fsp3) is 0.143. The maximum absolute atomic E-state index is 10.9. The van der Waals surface area contributed by atoms with Crippen molar-refractivity contribution < 1.29 is 10.2 Å². The summed E-state index contributed by atoms with van der Waals surface area (Å²) in [6, 6.07) is 32.7. The number of hydrogen-bond acceptors (Lipinski definition) is 6. The number of benzene rings is 5.